The summed E-state index contributed by atoms with van der Waals surface area (Å²) in [6, 6.07) is 3.45. The molecule has 0 bridgehead atoms. The van der Waals surface area contributed by atoms with Crippen LogP contribution in [0.1, 0.15) is 25.5 Å². The lowest BCUT2D eigenvalue weighted by Crippen LogP contribution is -2.19. The zero-order valence-corrected chi connectivity index (χ0v) is 9.10. The third-order valence-corrected chi connectivity index (χ3v) is 2.25. The highest BCUT2D eigenvalue weighted by molar-refractivity contribution is 5.76. The highest BCUT2D eigenvalue weighted by atomic mass is 16.5. The Bertz CT molecular complexity index is 349. The van der Waals surface area contributed by atoms with Gasteiger partial charge in [0.1, 0.15) is 11.7 Å². The average Bonchev–Trinajstić information content (AvgIpc) is 2.17. The van der Waals surface area contributed by atoms with E-state index < -0.39 is 11.9 Å². The molecule has 0 saturated heterocycles. The van der Waals surface area contributed by atoms with Crippen LogP contribution in [0.3, 0.4) is 0 Å². The van der Waals surface area contributed by atoms with Crippen LogP contribution in [-0.4, -0.2) is 23.2 Å². The number of nitrogens with zero attached hydrogens (tertiary/aromatic N) is 1. The van der Waals surface area contributed by atoms with Gasteiger partial charge in [0.15, 0.2) is 0 Å². The lowest BCUT2D eigenvalue weighted by molar-refractivity contribution is -0.140. The minimum atomic E-state index is -0.873. The zero-order chi connectivity index (χ0) is 11.4. The molecule has 1 aromatic heterocycles. The van der Waals surface area contributed by atoms with Crippen LogP contribution >= 0.6 is 0 Å². The predicted octanol–water partition coefficient (Wildman–Crippen LogP) is 1.91. The Hall–Kier alpha value is -1.58. The van der Waals surface area contributed by atoms with Gasteiger partial charge in [-0.3, -0.25) is 9.78 Å². The van der Waals surface area contributed by atoms with E-state index >= 15 is 0 Å². The summed E-state index contributed by atoms with van der Waals surface area (Å²) < 4.78 is 5.10. The second-order valence-corrected chi connectivity index (χ2v) is 3.65. The molecule has 82 valence electrons. The number of carboxylic acid groups (broad SMARTS) is 1. The van der Waals surface area contributed by atoms with E-state index in [0.29, 0.717) is 11.4 Å². The van der Waals surface area contributed by atoms with Gasteiger partial charge in [-0.1, -0.05) is 13.8 Å². The molecule has 15 heavy (non-hydrogen) atoms. The molecule has 1 unspecified atom stereocenters. The molecule has 1 N–H and O–H groups in total. The quantitative estimate of drug-likeness (QED) is 0.822. The Kier molecular flexibility index (Phi) is 3.66. The summed E-state index contributed by atoms with van der Waals surface area (Å²) in [6.45, 7) is 3.71. The van der Waals surface area contributed by atoms with E-state index in [2.05, 4.69) is 4.98 Å². The summed E-state index contributed by atoms with van der Waals surface area (Å²) in [7, 11) is 1.51. The van der Waals surface area contributed by atoms with Gasteiger partial charge in [0.05, 0.1) is 12.8 Å². The number of ether oxygens (including phenoxy) is 1. The van der Waals surface area contributed by atoms with E-state index in [1.807, 2.05) is 13.8 Å². The molecular formula is C11H15NO3. The number of methoxy groups -OCH3 is 1. The summed E-state index contributed by atoms with van der Waals surface area (Å²) >= 11 is 0. The molecule has 0 amide bonds. The van der Waals surface area contributed by atoms with Crippen molar-refractivity contribution in [3.8, 4) is 5.75 Å². The standard InChI is InChI=1S/C11H15NO3/c1-7(2)9(11(13)14)10-8(15-3)5-4-6-12-10/h4-7,9H,1-3H3,(H,13,14). The maximum atomic E-state index is 11.1. The van der Waals surface area contributed by atoms with Crippen molar-refractivity contribution in [3.63, 3.8) is 0 Å². The van der Waals surface area contributed by atoms with Crippen LogP contribution in [0.4, 0.5) is 0 Å². The zero-order valence-electron chi connectivity index (χ0n) is 9.10. The fraction of sp³-hybridized carbons (Fsp3) is 0.455. The van der Waals surface area contributed by atoms with Crippen molar-refractivity contribution >= 4 is 5.97 Å². The maximum absolute atomic E-state index is 11.1. The monoisotopic (exact) mass is 209 g/mol. The SMILES string of the molecule is COc1cccnc1C(C(=O)O)C(C)C. The largest absolute Gasteiger partial charge is 0.495 e. The molecular weight excluding hydrogens is 194 g/mol. The summed E-state index contributed by atoms with van der Waals surface area (Å²) in [4.78, 5) is 15.2. The number of carboxylic acids is 1. The first-order valence-electron chi connectivity index (χ1n) is 4.79. The minimum absolute atomic E-state index is 0.0219. The second-order valence-electron chi connectivity index (χ2n) is 3.65. The first kappa shape index (κ1) is 11.5. The van der Waals surface area contributed by atoms with Gasteiger partial charge >= 0.3 is 5.97 Å². The lowest BCUT2D eigenvalue weighted by atomic mass is 9.91. The first-order chi connectivity index (χ1) is 7.07. The molecule has 1 atom stereocenters. The van der Waals surface area contributed by atoms with Gasteiger partial charge in [0.25, 0.3) is 0 Å². The molecule has 0 aliphatic heterocycles. The van der Waals surface area contributed by atoms with Crippen molar-refractivity contribution in [1.82, 2.24) is 4.98 Å². The van der Waals surface area contributed by atoms with Gasteiger partial charge < -0.3 is 9.84 Å². The Morgan fingerprint density at radius 3 is 2.67 bits per heavy atom. The van der Waals surface area contributed by atoms with Crippen molar-refractivity contribution in [2.24, 2.45) is 5.92 Å². The average molecular weight is 209 g/mol. The molecule has 1 rings (SSSR count). The van der Waals surface area contributed by atoms with E-state index in [1.165, 1.54) is 7.11 Å². The molecule has 1 aromatic rings. The van der Waals surface area contributed by atoms with Gasteiger partial charge in [0.2, 0.25) is 0 Å². The van der Waals surface area contributed by atoms with Crippen molar-refractivity contribution in [2.75, 3.05) is 7.11 Å². The number of pyridine rings is 1. The minimum Gasteiger partial charge on any atom is -0.495 e. The van der Waals surface area contributed by atoms with Crippen LogP contribution in [0.2, 0.25) is 0 Å². The van der Waals surface area contributed by atoms with Crippen LogP contribution in [0.25, 0.3) is 0 Å². The lowest BCUT2D eigenvalue weighted by Gasteiger charge is -2.17. The fourth-order valence-corrected chi connectivity index (χ4v) is 1.53. The highest BCUT2D eigenvalue weighted by Crippen LogP contribution is 2.29. The molecule has 0 fully saturated rings. The van der Waals surface area contributed by atoms with Crippen molar-refractivity contribution < 1.29 is 14.6 Å². The summed E-state index contributed by atoms with van der Waals surface area (Å²) in [5.41, 5.74) is 0.488. The molecule has 4 nitrogen and oxygen atoms in total. The predicted molar refractivity (Wildman–Crippen MR) is 56.0 cm³/mol. The van der Waals surface area contributed by atoms with Crippen LogP contribution in [-0.2, 0) is 4.79 Å². The van der Waals surface area contributed by atoms with E-state index in [9.17, 15) is 4.79 Å². The molecule has 4 heteroatoms. The van der Waals surface area contributed by atoms with Gasteiger partial charge in [-0.05, 0) is 18.1 Å². The van der Waals surface area contributed by atoms with Gasteiger partial charge in [0, 0.05) is 6.20 Å². The summed E-state index contributed by atoms with van der Waals surface area (Å²) in [5, 5.41) is 9.12. The summed E-state index contributed by atoms with van der Waals surface area (Å²) in [6.07, 6.45) is 1.58. The molecule has 0 aliphatic rings. The Labute approximate surface area is 88.9 Å². The molecule has 0 spiro atoms. The molecule has 0 radical (unpaired) electrons. The first-order valence-corrected chi connectivity index (χ1v) is 4.79. The van der Waals surface area contributed by atoms with Crippen LogP contribution in [0.5, 0.6) is 5.75 Å². The third-order valence-electron chi connectivity index (χ3n) is 2.25. The second kappa shape index (κ2) is 4.77. The van der Waals surface area contributed by atoms with Crippen LogP contribution in [0, 0.1) is 5.92 Å². The molecule has 0 aromatic carbocycles. The van der Waals surface area contributed by atoms with E-state index in [4.69, 9.17) is 9.84 Å². The van der Waals surface area contributed by atoms with Gasteiger partial charge in [-0.15, -0.1) is 0 Å². The topological polar surface area (TPSA) is 59.4 Å². The molecule has 0 aliphatic carbocycles. The number of aromatic nitrogens is 1. The fourth-order valence-electron chi connectivity index (χ4n) is 1.53. The van der Waals surface area contributed by atoms with Crippen LogP contribution < -0.4 is 4.74 Å². The third kappa shape index (κ3) is 2.46. The van der Waals surface area contributed by atoms with Crippen LogP contribution in [0.15, 0.2) is 18.3 Å². The van der Waals surface area contributed by atoms with E-state index in [1.54, 1.807) is 18.3 Å². The van der Waals surface area contributed by atoms with Gasteiger partial charge in [-0.25, -0.2) is 0 Å². The number of carbonyl (C=O) groups is 1. The molecule has 1 heterocycles. The number of hydrogen-bond donors (Lipinski definition) is 1. The Morgan fingerprint density at radius 1 is 1.53 bits per heavy atom. The van der Waals surface area contributed by atoms with Crippen molar-refractivity contribution in [1.29, 1.82) is 0 Å². The normalized spacial score (nSPS) is 12.5. The molecule has 0 saturated carbocycles. The number of hydrogen-bond acceptors (Lipinski definition) is 3. The number of rotatable bonds is 4. The van der Waals surface area contributed by atoms with Crippen molar-refractivity contribution in [2.45, 2.75) is 19.8 Å². The maximum Gasteiger partial charge on any atom is 0.313 e. The Balaban J connectivity index is 3.16. The number of aliphatic carboxylic acids is 1. The highest BCUT2D eigenvalue weighted by Gasteiger charge is 2.27. The van der Waals surface area contributed by atoms with Gasteiger partial charge in [-0.2, -0.15) is 0 Å². The van der Waals surface area contributed by atoms with Crippen molar-refractivity contribution in [3.05, 3.63) is 24.0 Å². The van der Waals surface area contributed by atoms with E-state index in [-0.39, 0.29) is 5.92 Å². The summed E-state index contributed by atoms with van der Waals surface area (Å²) in [5.74, 6) is -0.993. The smallest absolute Gasteiger partial charge is 0.313 e. The Morgan fingerprint density at radius 2 is 2.20 bits per heavy atom. The van der Waals surface area contributed by atoms with E-state index in [0.717, 1.165) is 0 Å².